The molecule has 1 aromatic carbocycles. The summed E-state index contributed by atoms with van der Waals surface area (Å²) < 4.78 is 10.9. The van der Waals surface area contributed by atoms with Crippen LogP contribution in [0.3, 0.4) is 0 Å². The lowest BCUT2D eigenvalue weighted by atomic mass is 10.2. The Labute approximate surface area is 139 Å². The van der Waals surface area contributed by atoms with Crippen LogP contribution in [-0.4, -0.2) is 36.5 Å². The third kappa shape index (κ3) is 8.02. The summed E-state index contributed by atoms with van der Waals surface area (Å²) in [6.45, 7) is 0.615. The van der Waals surface area contributed by atoms with E-state index in [2.05, 4.69) is 4.84 Å². The van der Waals surface area contributed by atoms with Gasteiger partial charge >= 0.3 is 5.97 Å². The summed E-state index contributed by atoms with van der Waals surface area (Å²) in [5.74, 6) is 0.0986. The first-order valence-electron chi connectivity index (χ1n) is 7.52. The van der Waals surface area contributed by atoms with Gasteiger partial charge in [0.1, 0.15) is 0 Å². The lowest BCUT2D eigenvalue weighted by molar-refractivity contribution is -0.757. The van der Waals surface area contributed by atoms with E-state index < -0.39 is 11.1 Å². The molecule has 0 aliphatic heterocycles. The van der Waals surface area contributed by atoms with Crippen molar-refractivity contribution >= 4 is 12.0 Å². The van der Waals surface area contributed by atoms with Crippen LogP contribution in [0.25, 0.3) is 6.08 Å². The molecule has 0 saturated heterocycles. The molecule has 0 spiro atoms. The van der Waals surface area contributed by atoms with E-state index in [4.69, 9.17) is 14.6 Å². The molecule has 0 saturated carbocycles. The van der Waals surface area contributed by atoms with E-state index in [0.717, 1.165) is 25.3 Å². The van der Waals surface area contributed by atoms with Crippen LogP contribution in [0.2, 0.25) is 0 Å². The quantitative estimate of drug-likeness (QED) is 0.270. The number of ether oxygens (including phenoxy) is 2. The van der Waals surface area contributed by atoms with Gasteiger partial charge in [-0.15, -0.1) is 10.1 Å². The fraction of sp³-hybridized carbons (Fsp3) is 0.438. The first kappa shape index (κ1) is 19.3. The first-order chi connectivity index (χ1) is 11.5. The Hall–Kier alpha value is -2.77. The van der Waals surface area contributed by atoms with Gasteiger partial charge in [-0.25, -0.2) is 4.79 Å². The molecule has 24 heavy (non-hydrogen) atoms. The fourth-order valence-electron chi connectivity index (χ4n) is 1.95. The highest BCUT2D eigenvalue weighted by molar-refractivity contribution is 5.85. The van der Waals surface area contributed by atoms with E-state index in [9.17, 15) is 14.9 Å². The minimum atomic E-state index is -1.02. The van der Waals surface area contributed by atoms with E-state index in [1.165, 1.54) is 13.2 Å². The number of hydrogen-bond acceptors (Lipinski definition) is 6. The minimum Gasteiger partial charge on any atom is -0.493 e. The van der Waals surface area contributed by atoms with Crippen molar-refractivity contribution < 1.29 is 29.3 Å². The van der Waals surface area contributed by atoms with Gasteiger partial charge in [0.15, 0.2) is 11.5 Å². The molecule has 0 aliphatic rings. The van der Waals surface area contributed by atoms with Crippen molar-refractivity contribution in [2.45, 2.75) is 25.7 Å². The monoisotopic (exact) mass is 339 g/mol. The van der Waals surface area contributed by atoms with E-state index in [1.807, 2.05) is 0 Å². The highest BCUT2D eigenvalue weighted by Gasteiger charge is 2.05. The van der Waals surface area contributed by atoms with Crippen LogP contribution in [0.5, 0.6) is 11.5 Å². The predicted octanol–water partition coefficient (Wildman–Crippen LogP) is 2.94. The number of carboxylic acids is 1. The maximum Gasteiger partial charge on any atom is 0.328 e. The number of carboxylic acid groups (broad SMARTS) is 1. The number of methoxy groups -OCH3 is 1. The van der Waals surface area contributed by atoms with Crippen molar-refractivity contribution in [2.24, 2.45) is 0 Å². The summed E-state index contributed by atoms with van der Waals surface area (Å²) in [7, 11) is 1.52. The zero-order valence-electron chi connectivity index (χ0n) is 13.5. The van der Waals surface area contributed by atoms with E-state index in [0.29, 0.717) is 30.1 Å². The normalized spacial score (nSPS) is 10.5. The lowest BCUT2D eigenvalue weighted by Gasteiger charge is -2.11. The Morgan fingerprint density at radius 1 is 1.21 bits per heavy atom. The Morgan fingerprint density at radius 3 is 2.54 bits per heavy atom. The SMILES string of the molecule is COc1cc(C=CC(=O)O)ccc1OCCCCCCO[N+](=O)[O-]. The molecule has 1 N–H and O–H groups in total. The van der Waals surface area contributed by atoms with Crippen LogP contribution < -0.4 is 9.47 Å². The summed E-state index contributed by atoms with van der Waals surface area (Å²) in [6, 6.07) is 5.17. The molecule has 0 atom stereocenters. The van der Waals surface area contributed by atoms with Gasteiger partial charge in [-0.05, 0) is 36.6 Å². The van der Waals surface area contributed by atoms with Crippen molar-refractivity contribution in [1.82, 2.24) is 0 Å². The van der Waals surface area contributed by atoms with Crippen molar-refractivity contribution in [3.8, 4) is 11.5 Å². The molecular weight excluding hydrogens is 318 g/mol. The highest BCUT2D eigenvalue weighted by atomic mass is 16.9. The molecule has 1 rings (SSSR count). The second kappa shape index (κ2) is 10.9. The molecule has 8 nitrogen and oxygen atoms in total. The van der Waals surface area contributed by atoms with E-state index in [1.54, 1.807) is 18.2 Å². The van der Waals surface area contributed by atoms with Gasteiger partial charge in [-0.2, -0.15) is 0 Å². The number of unbranched alkanes of at least 4 members (excludes halogenated alkanes) is 3. The van der Waals surface area contributed by atoms with Crippen molar-refractivity contribution in [1.29, 1.82) is 0 Å². The Bertz CT molecular complexity index is 572. The second-order valence-corrected chi connectivity index (χ2v) is 4.90. The van der Waals surface area contributed by atoms with Gasteiger partial charge in [0.05, 0.1) is 20.3 Å². The molecule has 0 amide bonds. The lowest BCUT2D eigenvalue weighted by Crippen LogP contribution is -2.03. The first-order valence-corrected chi connectivity index (χ1v) is 7.52. The average Bonchev–Trinajstić information content (AvgIpc) is 2.55. The van der Waals surface area contributed by atoms with Crippen LogP contribution in [0, 0.1) is 10.1 Å². The molecule has 0 fully saturated rings. The van der Waals surface area contributed by atoms with Gasteiger partial charge in [0, 0.05) is 6.08 Å². The molecule has 0 heterocycles. The van der Waals surface area contributed by atoms with E-state index in [-0.39, 0.29) is 6.61 Å². The molecular formula is C16H21NO7. The van der Waals surface area contributed by atoms with Crippen LogP contribution in [0.4, 0.5) is 0 Å². The molecule has 0 bridgehead atoms. The van der Waals surface area contributed by atoms with Crippen LogP contribution in [0.1, 0.15) is 31.2 Å². The standard InChI is InChI=1S/C16H21NO7/c1-22-15-12-13(7-9-16(18)19)6-8-14(15)23-10-4-2-3-5-11-24-17(20)21/h6-9,12H,2-5,10-11H2,1H3,(H,18,19). The fourth-order valence-corrected chi connectivity index (χ4v) is 1.95. The third-order valence-corrected chi connectivity index (χ3v) is 3.10. The van der Waals surface area contributed by atoms with Gasteiger partial charge in [0.25, 0.3) is 5.09 Å². The number of benzene rings is 1. The zero-order chi connectivity index (χ0) is 17.8. The number of rotatable bonds is 12. The third-order valence-electron chi connectivity index (χ3n) is 3.10. The summed E-state index contributed by atoms with van der Waals surface area (Å²) in [5, 5.41) is 17.8. The zero-order valence-corrected chi connectivity index (χ0v) is 13.5. The van der Waals surface area contributed by atoms with Crippen molar-refractivity contribution in [3.63, 3.8) is 0 Å². The average molecular weight is 339 g/mol. The van der Waals surface area contributed by atoms with Gasteiger partial charge < -0.3 is 19.4 Å². The van der Waals surface area contributed by atoms with Gasteiger partial charge in [-0.1, -0.05) is 18.9 Å². The summed E-state index contributed by atoms with van der Waals surface area (Å²) in [5.41, 5.74) is 0.701. The molecule has 0 aromatic heterocycles. The Kier molecular flexibility index (Phi) is 8.73. The maximum absolute atomic E-state index is 10.5. The number of hydrogen-bond donors (Lipinski definition) is 1. The van der Waals surface area contributed by atoms with Crippen molar-refractivity contribution in [3.05, 3.63) is 40.0 Å². The van der Waals surface area contributed by atoms with E-state index >= 15 is 0 Å². The molecule has 1 aromatic rings. The predicted molar refractivity (Wildman–Crippen MR) is 86.6 cm³/mol. The Balaban J connectivity index is 2.34. The topological polar surface area (TPSA) is 108 Å². The highest BCUT2D eigenvalue weighted by Crippen LogP contribution is 2.28. The number of carbonyl (C=O) groups is 1. The summed E-state index contributed by atoms with van der Waals surface area (Å²) in [4.78, 5) is 24.7. The van der Waals surface area contributed by atoms with Gasteiger partial charge in [0.2, 0.25) is 0 Å². The number of nitrogens with zero attached hydrogens (tertiary/aromatic N) is 1. The van der Waals surface area contributed by atoms with Crippen molar-refractivity contribution in [2.75, 3.05) is 20.3 Å². The van der Waals surface area contributed by atoms with Crippen LogP contribution >= 0.6 is 0 Å². The molecule has 0 unspecified atom stereocenters. The number of aliphatic carboxylic acids is 1. The molecule has 132 valence electrons. The summed E-state index contributed by atoms with van der Waals surface area (Å²) >= 11 is 0. The second-order valence-electron chi connectivity index (χ2n) is 4.90. The van der Waals surface area contributed by atoms with Crippen LogP contribution in [0.15, 0.2) is 24.3 Å². The maximum atomic E-state index is 10.5. The molecule has 0 radical (unpaired) electrons. The minimum absolute atomic E-state index is 0.118. The smallest absolute Gasteiger partial charge is 0.328 e. The largest absolute Gasteiger partial charge is 0.493 e. The summed E-state index contributed by atoms with van der Waals surface area (Å²) in [6.07, 6.45) is 5.67. The Morgan fingerprint density at radius 2 is 1.92 bits per heavy atom. The van der Waals surface area contributed by atoms with Gasteiger partial charge in [-0.3, -0.25) is 0 Å². The van der Waals surface area contributed by atoms with Crippen LogP contribution in [-0.2, 0) is 9.63 Å². The molecule has 8 heteroatoms. The molecule has 0 aliphatic carbocycles.